The van der Waals surface area contributed by atoms with E-state index in [0.717, 1.165) is 40.4 Å². The van der Waals surface area contributed by atoms with Gasteiger partial charge in [-0.15, -0.1) is 10.2 Å². The highest BCUT2D eigenvalue weighted by molar-refractivity contribution is 5.98. The molecule has 33 heavy (non-hydrogen) atoms. The molecular weight excluding hydrogens is 418 g/mol. The van der Waals surface area contributed by atoms with E-state index >= 15 is 0 Å². The summed E-state index contributed by atoms with van der Waals surface area (Å²) in [4.78, 5) is 11.2. The standard InChI is InChI=1S/C25H23N5O3/c31-25(32)33-18-10-11-20-21(13-18)30-14-17(24-26-28-29-27-24)12-16-8-4-5-9-19(16)23(30)22(20)15-6-2-1-3-7-15/h4-5,8-13,15H,1-3,6-7,14H2,(H,31,32)(H,26,27,28,29). The molecule has 2 aromatic carbocycles. The maximum absolute atomic E-state index is 11.2. The van der Waals surface area contributed by atoms with Crippen molar-refractivity contribution >= 4 is 28.7 Å². The quantitative estimate of drug-likeness (QED) is 0.322. The van der Waals surface area contributed by atoms with Gasteiger partial charge >= 0.3 is 6.16 Å². The third-order valence-electron chi connectivity index (χ3n) is 6.80. The topological polar surface area (TPSA) is 106 Å². The third-order valence-corrected chi connectivity index (χ3v) is 6.80. The fraction of sp³-hybridized carbons (Fsp3) is 0.280. The van der Waals surface area contributed by atoms with E-state index in [4.69, 9.17) is 9.84 Å². The zero-order valence-corrected chi connectivity index (χ0v) is 18.0. The molecule has 1 fully saturated rings. The maximum Gasteiger partial charge on any atom is 0.511 e. The number of fused-ring (bicyclic) bond motifs is 5. The first-order valence-corrected chi connectivity index (χ1v) is 11.3. The van der Waals surface area contributed by atoms with Crippen molar-refractivity contribution in [3.8, 4) is 17.0 Å². The normalized spacial score (nSPS) is 16.1. The molecule has 1 aliphatic carbocycles. The summed E-state index contributed by atoms with van der Waals surface area (Å²) in [5.74, 6) is 1.33. The van der Waals surface area contributed by atoms with E-state index in [1.165, 1.54) is 30.5 Å². The highest BCUT2D eigenvalue weighted by atomic mass is 16.7. The number of hydrogen-bond acceptors (Lipinski definition) is 5. The van der Waals surface area contributed by atoms with Crippen LogP contribution in [-0.4, -0.2) is 36.5 Å². The van der Waals surface area contributed by atoms with E-state index in [2.05, 4.69) is 49.5 Å². The first-order valence-electron chi connectivity index (χ1n) is 11.3. The Kier molecular flexibility index (Phi) is 4.71. The number of benzene rings is 2. The Morgan fingerprint density at radius 3 is 2.76 bits per heavy atom. The number of hydrogen-bond donors (Lipinski definition) is 2. The molecule has 2 aliphatic rings. The molecule has 2 aromatic heterocycles. The number of rotatable bonds is 3. The van der Waals surface area contributed by atoms with Crippen LogP contribution in [0.15, 0.2) is 42.5 Å². The second kappa shape index (κ2) is 7.88. The van der Waals surface area contributed by atoms with Gasteiger partial charge in [-0.1, -0.05) is 43.5 Å². The van der Waals surface area contributed by atoms with Gasteiger partial charge in [0.1, 0.15) is 5.75 Å². The lowest BCUT2D eigenvalue weighted by Gasteiger charge is -2.24. The second-order valence-corrected chi connectivity index (χ2v) is 8.72. The third kappa shape index (κ3) is 3.38. The molecule has 0 amide bonds. The van der Waals surface area contributed by atoms with Crippen LogP contribution in [0.4, 0.5) is 4.79 Å². The minimum Gasteiger partial charge on any atom is -0.449 e. The highest BCUT2D eigenvalue weighted by Gasteiger charge is 2.29. The molecule has 8 heteroatoms. The van der Waals surface area contributed by atoms with Crippen molar-refractivity contribution in [3.05, 3.63) is 59.4 Å². The predicted octanol–water partition coefficient (Wildman–Crippen LogP) is 5.48. The van der Waals surface area contributed by atoms with Gasteiger partial charge in [-0.3, -0.25) is 0 Å². The molecule has 4 aromatic rings. The van der Waals surface area contributed by atoms with Gasteiger partial charge in [0.25, 0.3) is 0 Å². The lowest BCUT2D eigenvalue weighted by atomic mass is 9.81. The summed E-state index contributed by atoms with van der Waals surface area (Å²) in [5, 5.41) is 25.1. The van der Waals surface area contributed by atoms with E-state index in [1.54, 1.807) is 6.07 Å². The molecule has 0 atom stereocenters. The molecule has 0 bridgehead atoms. The van der Waals surface area contributed by atoms with Crippen molar-refractivity contribution in [1.82, 2.24) is 25.2 Å². The van der Waals surface area contributed by atoms with Gasteiger partial charge in [-0.05, 0) is 53.3 Å². The first kappa shape index (κ1) is 19.7. The molecular formula is C25H23N5O3. The number of aromatic nitrogens is 5. The molecule has 166 valence electrons. The van der Waals surface area contributed by atoms with Gasteiger partial charge in [-0.2, -0.15) is 5.21 Å². The number of tetrazole rings is 1. The smallest absolute Gasteiger partial charge is 0.449 e. The number of carbonyl (C=O) groups is 1. The van der Waals surface area contributed by atoms with E-state index in [1.807, 2.05) is 18.2 Å². The largest absolute Gasteiger partial charge is 0.511 e. The van der Waals surface area contributed by atoms with Crippen LogP contribution < -0.4 is 4.74 Å². The van der Waals surface area contributed by atoms with Crippen LogP contribution in [-0.2, 0) is 6.54 Å². The number of aromatic amines is 1. The molecule has 1 aliphatic heterocycles. The zero-order chi connectivity index (χ0) is 22.4. The lowest BCUT2D eigenvalue weighted by molar-refractivity contribution is 0.144. The lowest BCUT2D eigenvalue weighted by Crippen LogP contribution is -2.07. The zero-order valence-electron chi connectivity index (χ0n) is 18.0. The summed E-state index contributed by atoms with van der Waals surface area (Å²) in [6.07, 6.45) is 6.86. The molecule has 0 radical (unpaired) electrons. The van der Waals surface area contributed by atoms with E-state index in [-0.39, 0.29) is 0 Å². The molecule has 8 nitrogen and oxygen atoms in total. The number of carboxylic acid groups (broad SMARTS) is 1. The Hall–Kier alpha value is -3.94. The fourth-order valence-corrected chi connectivity index (χ4v) is 5.45. The molecule has 0 unspecified atom stereocenters. The minimum atomic E-state index is -1.32. The van der Waals surface area contributed by atoms with Crippen LogP contribution in [0, 0.1) is 0 Å². The molecule has 0 spiro atoms. The van der Waals surface area contributed by atoms with Gasteiger partial charge in [0.05, 0.1) is 17.8 Å². The Labute approximate surface area is 189 Å². The average molecular weight is 441 g/mol. The second-order valence-electron chi connectivity index (χ2n) is 8.72. The monoisotopic (exact) mass is 441 g/mol. The van der Waals surface area contributed by atoms with Crippen molar-refractivity contribution in [2.75, 3.05) is 0 Å². The Morgan fingerprint density at radius 1 is 1.12 bits per heavy atom. The average Bonchev–Trinajstić information content (AvgIpc) is 3.42. The van der Waals surface area contributed by atoms with E-state index in [9.17, 15) is 4.79 Å². The number of H-pyrrole nitrogens is 1. The van der Waals surface area contributed by atoms with Crippen LogP contribution in [0.25, 0.3) is 33.8 Å². The van der Waals surface area contributed by atoms with E-state index in [0.29, 0.717) is 24.0 Å². The van der Waals surface area contributed by atoms with Gasteiger partial charge in [0.2, 0.25) is 5.82 Å². The van der Waals surface area contributed by atoms with Crippen molar-refractivity contribution in [2.24, 2.45) is 0 Å². The van der Waals surface area contributed by atoms with Crippen molar-refractivity contribution in [1.29, 1.82) is 0 Å². The summed E-state index contributed by atoms with van der Waals surface area (Å²) < 4.78 is 7.28. The summed E-state index contributed by atoms with van der Waals surface area (Å²) in [6.45, 7) is 0.545. The van der Waals surface area contributed by atoms with Crippen LogP contribution >= 0.6 is 0 Å². The fourth-order valence-electron chi connectivity index (χ4n) is 5.45. The summed E-state index contributed by atoms with van der Waals surface area (Å²) >= 11 is 0. The van der Waals surface area contributed by atoms with E-state index < -0.39 is 6.16 Å². The van der Waals surface area contributed by atoms with Gasteiger partial charge in [-0.25, -0.2) is 4.79 Å². The van der Waals surface area contributed by atoms with Crippen molar-refractivity contribution in [3.63, 3.8) is 0 Å². The van der Waals surface area contributed by atoms with Crippen LogP contribution in [0.2, 0.25) is 0 Å². The number of nitrogens with zero attached hydrogens (tertiary/aromatic N) is 4. The van der Waals surface area contributed by atoms with Crippen LogP contribution in [0.1, 0.15) is 55.0 Å². The Balaban J connectivity index is 1.65. The SMILES string of the molecule is O=C(O)Oc1ccc2c(C3CCCCC3)c3n(c2c1)CC(c1nn[nH]n1)=Cc1ccccc1-3. The number of ether oxygens (including phenoxy) is 1. The predicted molar refractivity (Wildman–Crippen MR) is 124 cm³/mol. The van der Waals surface area contributed by atoms with Crippen LogP contribution in [0.5, 0.6) is 5.75 Å². The Bertz CT molecular complexity index is 1380. The first-order chi connectivity index (χ1) is 16.2. The number of allylic oxidation sites excluding steroid dienone is 1. The summed E-state index contributed by atoms with van der Waals surface area (Å²) in [7, 11) is 0. The molecule has 2 N–H and O–H groups in total. The van der Waals surface area contributed by atoms with Crippen molar-refractivity contribution in [2.45, 2.75) is 44.6 Å². The Morgan fingerprint density at radius 2 is 1.97 bits per heavy atom. The van der Waals surface area contributed by atoms with Gasteiger partial charge in [0.15, 0.2) is 0 Å². The summed E-state index contributed by atoms with van der Waals surface area (Å²) in [6, 6.07) is 14.0. The minimum absolute atomic E-state index is 0.313. The molecule has 6 rings (SSSR count). The van der Waals surface area contributed by atoms with Gasteiger partial charge in [0, 0.05) is 22.6 Å². The molecule has 0 saturated heterocycles. The van der Waals surface area contributed by atoms with Crippen molar-refractivity contribution < 1.29 is 14.6 Å². The van der Waals surface area contributed by atoms with Gasteiger partial charge < -0.3 is 14.4 Å². The van der Waals surface area contributed by atoms with Crippen LogP contribution in [0.3, 0.4) is 0 Å². The summed E-state index contributed by atoms with van der Waals surface area (Å²) in [5.41, 5.74) is 6.70. The highest BCUT2D eigenvalue weighted by Crippen LogP contribution is 2.47. The maximum atomic E-state index is 11.2. The number of nitrogens with one attached hydrogen (secondary N) is 1. The molecule has 1 saturated carbocycles. The molecule has 3 heterocycles.